The molecule has 9 heteroatoms. The molecule has 0 spiro atoms. The molecule has 1 fully saturated rings. The lowest BCUT2D eigenvalue weighted by atomic mass is 10.0. The summed E-state index contributed by atoms with van der Waals surface area (Å²) in [6.07, 6.45) is -1.95. The molecule has 0 radical (unpaired) electrons. The van der Waals surface area contributed by atoms with Crippen LogP contribution in [0.25, 0.3) is 17.0 Å². The van der Waals surface area contributed by atoms with E-state index in [9.17, 15) is 18.0 Å². The standard InChI is InChI=1S/C19H18F3N5O/c1-12-7-5-6-10-26(12)17(28)16-24-18-23-14(13-8-3-2-4-9-13)11-15(19(20,21)22)27(18)25-16/h2-4,8-9,11-12H,5-7,10H2,1H3. The highest BCUT2D eigenvalue weighted by molar-refractivity contribution is 5.91. The highest BCUT2D eigenvalue weighted by atomic mass is 19.4. The second kappa shape index (κ2) is 6.88. The fourth-order valence-corrected chi connectivity index (χ4v) is 3.45. The van der Waals surface area contributed by atoms with Crippen LogP contribution in [0.15, 0.2) is 36.4 Å². The van der Waals surface area contributed by atoms with Crippen LogP contribution in [-0.4, -0.2) is 43.0 Å². The molecule has 1 saturated heterocycles. The van der Waals surface area contributed by atoms with Crippen molar-refractivity contribution in [2.24, 2.45) is 0 Å². The third-order valence-electron chi connectivity index (χ3n) is 4.93. The predicted octanol–water partition coefficient (Wildman–Crippen LogP) is 3.82. The number of piperidine rings is 1. The van der Waals surface area contributed by atoms with Gasteiger partial charge in [-0.05, 0) is 32.3 Å². The van der Waals surface area contributed by atoms with E-state index in [0.717, 1.165) is 25.3 Å². The van der Waals surface area contributed by atoms with Crippen molar-refractivity contribution >= 4 is 11.7 Å². The summed E-state index contributed by atoms with van der Waals surface area (Å²) >= 11 is 0. The Balaban J connectivity index is 1.82. The van der Waals surface area contributed by atoms with Gasteiger partial charge in [-0.1, -0.05) is 30.3 Å². The summed E-state index contributed by atoms with van der Waals surface area (Å²) in [4.78, 5) is 22.6. The van der Waals surface area contributed by atoms with Crippen LogP contribution in [0.5, 0.6) is 0 Å². The molecular weight excluding hydrogens is 371 g/mol. The second-order valence-electron chi connectivity index (χ2n) is 6.88. The van der Waals surface area contributed by atoms with Crippen LogP contribution in [-0.2, 0) is 6.18 Å². The number of carbonyl (C=O) groups excluding carboxylic acids is 1. The molecule has 146 valence electrons. The van der Waals surface area contributed by atoms with E-state index in [-0.39, 0.29) is 23.3 Å². The largest absolute Gasteiger partial charge is 0.433 e. The Bertz CT molecular complexity index is 1020. The fourth-order valence-electron chi connectivity index (χ4n) is 3.45. The number of fused-ring (bicyclic) bond motifs is 1. The summed E-state index contributed by atoms with van der Waals surface area (Å²) in [5.41, 5.74) is -0.371. The number of halogens is 3. The van der Waals surface area contributed by atoms with E-state index >= 15 is 0 Å². The van der Waals surface area contributed by atoms with Crippen molar-refractivity contribution < 1.29 is 18.0 Å². The SMILES string of the molecule is CC1CCCCN1C(=O)c1nc2nc(-c3ccccc3)cc(C(F)(F)F)n2n1. The molecular formula is C19H18F3N5O. The number of hydrogen-bond acceptors (Lipinski definition) is 4. The van der Waals surface area contributed by atoms with Gasteiger partial charge in [-0.25, -0.2) is 4.98 Å². The lowest BCUT2D eigenvalue weighted by molar-refractivity contribution is -0.142. The maximum atomic E-state index is 13.6. The van der Waals surface area contributed by atoms with Crippen molar-refractivity contribution in [1.82, 2.24) is 24.5 Å². The fraction of sp³-hybridized carbons (Fsp3) is 0.368. The van der Waals surface area contributed by atoms with Gasteiger partial charge in [0.25, 0.3) is 11.7 Å². The number of hydrogen-bond donors (Lipinski definition) is 0. The number of likely N-dealkylation sites (tertiary alicyclic amines) is 1. The highest BCUT2D eigenvalue weighted by Crippen LogP contribution is 2.32. The van der Waals surface area contributed by atoms with E-state index < -0.39 is 17.8 Å². The summed E-state index contributed by atoms with van der Waals surface area (Å²) < 4.78 is 41.5. The Kier molecular flexibility index (Phi) is 4.52. The lowest BCUT2D eigenvalue weighted by Gasteiger charge is -2.32. The summed E-state index contributed by atoms with van der Waals surface area (Å²) in [5, 5.41) is 3.86. The molecule has 0 N–H and O–H groups in total. The van der Waals surface area contributed by atoms with Crippen LogP contribution < -0.4 is 0 Å². The summed E-state index contributed by atoms with van der Waals surface area (Å²) in [6.45, 7) is 2.46. The average Bonchev–Trinajstić information content (AvgIpc) is 3.11. The van der Waals surface area contributed by atoms with Crippen LogP contribution in [0.3, 0.4) is 0 Å². The number of amides is 1. The van der Waals surface area contributed by atoms with E-state index in [1.807, 2.05) is 6.92 Å². The first-order valence-corrected chi connectivity index (χ1v) is 9.06. The first-order chi connectivity index (χ1) is 13.3. The zero-order valence-electron chi connectivity index (χ0n) is 15.1. The Morgan fingerprint density at radius 1 is 1.14 bits per heavy atom. The lowest BCUT2D eigenvalue weighted by Crippen LogP contribution is -2.42. The van der Waals surface area contributed by atoms with E-state index in [1.165, 1.54) is 0 Å². The van der Waals surface area contributed by atoms with E-state index in [2.05, 4.69) is 15.1 Å². The topological polar surface area (TPSA) is 63.4 Å². The molecule has 4 rings (SSSR count). The van der Waals surface area contributed by atoms with Gasteiger partial charge in [0.2, 0.25) is 5.82 Å². The number of nitrogens with zero attached hydrogens (tertiary/aromatic N) is 5. The minimum absolute atomic E-state index is 0.00258. The van der Waals surface area contributed by atoms with Crippen molar-refractivity contribution in [1.29, 1.82) is 0 Å². The summed E-state index contributed by atoms with van der Waals surface area (Å²) in [5.74, 6) is -0.981. The second-order valence-corrected chi connectivity index (χ2v) is 6.88. The molecule has 28 heavy (non-hydrogen) atoms. The molecule has 1 unspecified atom stereocenters. The molecule has 1 aliphatic heterocycles. The Hall–Kier alpha value is -2.97. The predicted molar refractivity (Wildman–Crippen MR) is 95.6 cm³/mol. The quantitative estimate of drug-likeness (QED) is 0.668. The van der Waals surface area contributed by atoms with Gasteiger partial charge in [0.15, 0.2) is 5.69 Å². The maximum absolute atomic E-state index is 13.6. The van der Waals surface area contributed by atoms with Gasteiger partial charge < -0.3 is 4.90 Å². The molecule has 2 aromatic heterocycles. The van der Waals surface area contributed by atoms with Crippen LogP contribution in [0.2, 0.25) is 0 Å². The number of alkyl halides is 3. The third-order valence-corrected chi connectivity index (χ3v) is 4.93. The highest BCUT2D eigenvalue weighted by Gasteiger charge is 2.36. The van der Waals surface area contributed by atoms with Crippen molar-refractivity contribution in [2.45, 2.75) is 38.4 Å². The molecule has 3 heterocycles. The molecule has 1 amide bonds. The zero-order chi connectivity index (χ0) is 19.9. The molecule has 1 aliphatic rings. The molecule has 1 atom stereocenters. The van der Waals surface area contributed by atoms with Gasteiger partial charge in [-0.2, -0.15) is 22.7 Å². The van der Waals surface area contributed by atoms with Gasteiger partial charge in [-0.3, -0.25) is 4.79 Å². The first-order valence-electron chi connectivity index (χ1n) is 9.06. The van der Waals surface area contributed by atoms with Crippen molar-refractivity contribution in [3.05, 3.63) is 47.9 Å². The van der Waals surface area contributed by atoms with Crippen molar-refractivity contribution in [3.8, 4) is 11.3 Å². The Morgan fingerprint density at radius 2 is 1.89 bits per heavy atom. The Morgan fingerprint density at radius 3 is 2.57 bits per heavy atom. The molecule has 3 aromatic rings. The molecule has 0 bridgehead atoms. The van der Waals surface area contributed by atoms with Crippen LogP contribution in [0.4, 0.5) is 13.2 Å². The number of rotatable bonds is 2. The van der Waals surface area contributed by atoms with E-state index in [4.69, 9.17) is 0 Å². The van der Waals surface area contributed by atoms with E-state index in [0.29, 0.717) is 16.6 Å². The summed E-state index contributed by atoms with van der Waals surface area (Å²) in [6, 6.07) is 9.45. The average molecular weight is 389 g/mol. The molecule has 6 nitrogen and oxygen atoms in total. The zero-order valence-corrected chi connectivity index (χ0v) is 15.1. The van der Waals surface area contributed by atoms with Crippen LogP contribution in [0, 0.1) is 0 Å². The number of aromatic nitrogens is 4. The van der Waals surface area contributed by atoms with Gasteiger partial charge in [0.05, 0.1) is 5.69 Å². The van der Waals surface area contributed by atoms with Gasteiger partial charge in [0.1, 0.15) is 0 Å². The van der Waals surface area contributed by atoms with Gasteiger partial charge >= 0.3 is 6.18 Å². The van der Waals surface area contributed by atoms with Gasteiger partial charge in [0, 0.05) is 18.2 Å². The minimum atomic E-state index is -4.67. The van der Waals surface area contributed by atoms with Gasteiger partial charge in [-0.15, -0.1) is 5.10 Å². The van der Waals surface area contributed by atoms with Crippen LogP contribution in [0.1, 0.15) is 42.5 Å². The molecule has 0 saturated carbocycles. The minimum Gasteiger partial charge on any atom is -0.333 e. The third kappa shape index (κ3) is 3.32. The smallest absolute Gasteiger partial charge is 0.333 e. The normalized spacial score (nSPS) is 17.9. The first kappa shape index (κ1) is 18.4. The summed E-state index contributed by atoms with van der Waals surface area (Å²) in [7, 11) is 0. The number of carbonyl (C=O) groups is 1. The molecule has 0 aliphatic carbocycles. The Labute approximate surface area is 159 Å². The van der Waals surface area contributed by atoms with Crippen molar-refractivity contribution in [3.63, 3.8) is 0 Å². The van der Waals surface area contributed by atoms with Crippen molar-refractivity contribution in [2.75, 3.05) is 6.54 Å². The number of benzene rings is 1. The van der Waals surface area contributed by atoms with E-state index in [1.54, 1.807) is 35.2 Å². The molecule has 1 aromatic carbocycles. The monoisotopic (exact) mass is 389 g/mol. The van der Waals surface area contributed by atoms with Crippen LogP contribution >= 0.6 is 0 Å². The maximum Gasteiger partial charge on any atom is 0.433 e.